The molecule has 0 amide bonds. The minimum atomic E-state index is -0.378. The van der Waals surface area contributed by atoms with E-state index < -0.39 is 0 Å². The lowest BCUT2D eigenvalue weighted by Crippen LogP contribution is -2.26. The van der Waals surface area contributed by atoms with Crippen LogP contribution < -0.4 is 0 Å². The number of halogens is 1. The molecule has 5 heteroatoms. The smallest absolute Gasteiger partial charge is 0.0774 e. The molecule has 28 heavy (non-hydrogen) atoms. The summed E-state index contributed by atoms with van der Waals surface area (Å²) in [6, 6.07) is 12.6. The van der Waals surface area contributed by atoms with Crippen molar-refractivity contribution in [1.29, 1.82) is 0 Å². The van der Waals surface area contributed by atoms with Gasteiger partial charge >= 0.3 is 0 Å². The molecule has 1 aliphatic carbocycles. The first kappa shape index (κ1) is 21.8. The number of benzene rings is 1. The average Bonchev–Trinajstić information content (AvgIpc) is 3.27. The van der Waals surface area contributed by atoms with Crippen molar-refractivity contribution >= 4 is 22.9 Å². The molecular formula is C23H31ClO3S. The van der Waals surface area contributed by atoms with E-state index in [1.807, 2.05) is 6.07 Å². The molecule has 0 spiro atoms. The van der Waals surface area contributed by atoms with Crippen molar-refractivity contribution in [3.8, 4) is 0 Å². The van der Waals surface area contributed by atoms with Crippen LogP contribution in [0.3, 0.4) is 0 Å². The molecular weight excluding hydrogens is 392 g/mol. The maximum absolute atomic E-state index is 10.5. The number of thiophene rings is 1. The molecule has 0 saturated heterocycles. The van der Waals surface area contributed by atoms with Crippen molar-refractivity contribution in [2.45, 2.75) is 63.7 Å². The standard InChI is InChI=1S/C23H31ClO3S/c1-2-16-5-3-6-17(11-16)14-27-15-21-20(22(24)12-23(21)26)8-4-7-18-9-10-19(13-25)28-18/h3,5-6,9-11,20-23,25-26H,2,4,7-8,12-15H2,1H3/t20-,21-,22-,23-/m1/s1. The van der Waals surface area contributed by atoms with Crippen LogP contribution in [-0.2, 0) is 30.8 Å². The van der Waals surface area contributed by atoms with Crippen LogP contribution in [0.2, 0.25) is 0 Å². The van der Waals surface area contributed by atoms with E-state index in [-0.39, 0.29) is 29.9 Å². The Hall–Kier alpha value is -0.910. The molecule has 1 aromatic heterocycles. The Kier molecular flexibility index (Phi) is 8.36. The third-order valence-electron chi connectivity index (χ3n) is 5.79. The molecule has 0 unspecified atom stereocenters. The zero-order valence-corrected chi connectivity index (χ0v) is 18.1. The lowest BCUT2D eigenvalue weighted by Gasteiger charge is -2.23. The van der Waals surface area contributed by atoms with Gasteiger partial charge in [-0.15, -0.1) is 22.9 Å². The van der Waals surface area contributed by atoms with Crippen molar-refractivity contribution < 1.29 is 14.9 Å². The average molecular weight is 423 g/mol. The van der Waals surface area contributed by atoms with Crippen molar-refractivity contribution in [2.75, 3.05) is 6.61 Å². The van der Waals surface area contributed by atoms with Crippen LogP contribution in [0.5, 0.6) is 0 Å². The summed E-state index contributed by atoms with van der Waals surface area (Å²) in [6.07, 6.45) is 4.34. The van der Waals surface area contributed by atoms with E-state index in [0.717, 1.165) is 30.6 Å². The highest BCUT2D eigenvalue weighted by molar-refractivity contribution is 7.11. The lowest BCUT2D eigenvalue weighted by atomic mass is 9.90. The van der Waals surface area contributed by atoms with Gasteiger partial charge in [0.25, 0.3) is 0 Å². The SMILES string of the molecule is CCc1cccc(COC[C@@H]2[C@@H](CCCc3ccc(CO)s3)[C@H](Cl)C[C@H]2O)c1. The van der Waals surface area contributed by atoms with Crippen molar-refractivity contribution in [1.82, 2.24) is 0 Å². The van der Waals surface area contributed by atoms with Gasteiger partial charge in [-0.05, 0) is 61.3 Å². The fraction of sp³-hybridized carbons (Fsp3) is 0.565. The summed E-state index contributed by atoms with van der Waals surface area (Å²) in [5, 5.41) is 19.7. The number of hydrogen-bond acceptors (Lipinski definition) is 4. The predicted octanol–water partition coefficient (Wildman–Crippen LogP) is 4.95. The summed E-state index contributed by atoms with van der Waals surface area (Å²) in [5.41, 5.74) is 2.50. The molecule has 3 nitrogen and oxygen atoms in total. The highest BCUT2D eigenvalue weighted by Crippen LogP contribution is 2.39. The van der Waals surface area contributed by atoms with Crippen molar-refractivity contribution in [3.05, 3.63) is 57.3 Å². The van der Waals surface area contributed by atoms with Crippen molar-refractivity contribution in [3.63, 3.8) is 0 Å². The van der Waals surface area contributed by atoms with Gasteiger partial charge in [0.15, 0.2) is 0 Å². The molecule has 154 valence electrons. The molecule has 2 aromatic rings. The molecule has 0 bridgehead atoms. The number of aliphatic hydroxyl groups is 2. The number of alkyl halides is 1. The zero-order valence-electron chi connectivity index (χ0n) is 16.5. The summed E-state index contributed by atoms with van der Waals surface area (Å²) >= 11 is 8.24. The second-order valence-electron chi connectivity index (χ2n) is 7.75. The van der Waals surface area contributed by atoms with Crippen LogP contribution in [0.4, 0.5) is 0 Å². The van der Waals surface area contributed by atoms with Gasteiger partial charge in [0.05, 0.1) is 25.9 Å². The maximum Gasteiger partial charge on any atom is 0.0774 e. The van der Waals surface area contributed by atoms with E-state index in [9.17, 15) is 10.2 Å². The van der Waals surface area contributed by atoms with Crippen LogP contribution in [0.25, 0.3) is 0 Å². The van der Waals surface area contributed by atoms with Gasteiger partial charge in [-0.1, -0.05) is 31.2 Å². The number of rotatable bonds is 10. The first-order valence-electron chi connectivity index (χ1n) is 10.3. The summed E-state index contributed by atoms with van der Waals surface area (Å²) < 4.78 is 5.99. The normalized spacial score (nSPS) is 24.7. The summed E-state index contributed by atoms with van der Waals surface area (Å²) in [4.78, 5) is 2.32. The van der Waals surface area contributed by atoms with Crippen molar-refractivity contribution in [2.24, 2.45) is 11.8 Å². The molecule has 3 rings (SSSR count). The van der Waals surface area contributed by atoms with Crippen LogP contribution in [0.15, 0.2) is 36.4 Å². The number of ether oxygens (including phenoxy) is 1. The summed E-state index contributed by atoms with van der Waals surface area (Å²) in [5.74, 6) is 0.393. The number of aliphatic hydroxyl groups excluding tert-OH is 2. The monoisotopic (exact) mass is 422 g/mol. The molecule has 0 aliphatic heterocycles. The Morgan fingerprint density at radius 3 is 2.68 bits per heavy atom. The first-order chi connectivity index (χ1) is 13.6. The van der Waals surface area contributed by atoms with E-state index in [4.69, 9.17) is 16.3 Å². The third-order valence-corrected chi connectivity index (χ3v) is 7.42. The highest BCUT2D eigenvalue weighted by atomic mass is 35.5. The van der Waals surface area contributed by atoms with E-state index >= 15 is 0 Å². The van der Waals surface area contributed by atoms with Gasteiger partial charge in [0.2, 0.25) is 0 Å². The summed E-state index contributed by atoms with van der Waals surface area (Å²) in [7, 11) is 0. The van der Waals surface area contributed by atoms with Gasteiger partial charge in [-0.2, -0.15) is 0 Å². The van der Waals surface area contributed by atoms with E-state index in [2.05, 4.69) is 37.3 Å². The Balaban J connectivity index is 1.48. The molecule has 1 aromatic carbocycles. The number of aryl methyl sites for hydroxylation is 2. The summed E-state index contributed by atoms with van der Waals surface area (Å²) in [6.45, 7) is 3.40. The first-order valence-corrected chi connectivity index (χ1v) is 11.5. The zero-order chi connectivity index (χ0) is 19.9. The van der Waals surface area contributed by atoms with Gasteiger partial charge in [0, 0.05) is 21.0 Å². The maximum atomic E-state index is 10.5. The van der Waals surface area contributed by atoms with Gasteiger partial charge in [-0.25, -0.2) is 0 Å². The Labute approximate surface area is 177 Å². The minimum Gasteiger partial charge on any atom is -0.393 e. The van der Waals surface area contributed by atoms with Crippen LogP contribution in [0, 0.1) is 11.8 Å². The van der Waals surface area contributed by atoms with E-state index in [1.165, 1.54) is 16.0 Å². The number of hydrogen-bond donors (Lipinski definition) is 2. The second kappa shape index (κ2) is 10.7. The topological polar surface area (TPSA) is 49.7 Å². The Morgan fingerprint density at radius 1 is 1.14 bits per heavy atom. The molecule has 4 atom stereocenters. The fourth-order valence-electron chi connectivity index (χ4n) is 4.17. The molecule has 2 N–H and O–H groups in total. The predicted molar refractivity (Wildman–Crippen MR) is 116 cm³/mol. The van der Waals surface area contributed by atoms with Crippen LogP contribution >= 0.6 is 22.9 Å². The Bertz CT molecular complexity index is 732. The van der Waals surface area contributed by atoms with Crippen LogP contribution in [0.1, 0.15) is 47.1 Å². The quantitative estimate of drug-likeness (QED) is 0.533. The van der Waals surface area contributed by atoms with E-state index in [0.29, 0.717) is 19.6 Å². The van der Waals surface area contributed by atoms with Gasteiger partial charge in [-0.3, -0.25) is 0 Å². The van der Waals surface area contributed by atoms with Gasteiger partial charge < -0.3 is 14.9 Å². The fourth-order valence-corrected chi connectivity index (χ4v) is 5.58. The minimum absolute atomic E-state index is 0.0170. The van der Waals surface area contributed by atoms with Gasteiger partial charge in [0.1, 0.15) is 0 Å². The molecule has 1 saturated carbocycles. The molecule has 1 fully saturated rings. The van der Waals surface area contributed by atoms with E-state index in [1.54, 1.807) is 11.3 Å². The largest absolute Gasteiger partial charge is 0.393 e. The highest BCUT2D eigenvalue weighted by Gasteiger charge is 2.41. The lowest BCUT2D eigenvalue weighted by molar-refractivity contribution is 0.0200. The molecule has 1 aliphatic rings. The molecule has 1 heterocycles. The molecule has 0 radical (unpaired) electrons. The second-order valence-corrected chi connectivity index (χ2v) is 9.57. The van der Waals surface area contributed by atoms with Crippen LogP contribution in [-0.4, -0.2) is 28.3 Å². The Morgan fingerprint density at radius 2 is 1.93 bits per heavy atom. The third kappa shape index (κ3) is 5.80.